The summed E-state index contributed by atoms with van der Waals surface area (Å²) >= 11 is 1.75. The molecule has 1 unspecified atom stereocenters. The minimum Gasteiger partial charge on any atom is -0.313 e. The summed E-state index contributed by atoms with van der Waals surface area (Å²) in [4.78, 5) is 1.06. The summed E-state index contributed by atoms with van der Waals surface area (Å²) in [6, 6.07) is 5.39. The number of benzene rings is 1. The molecule has 0 aliphatic rings. The van der Waals surface area contributed by atoms with Crippen molar-refractivity contribution in [1.29, 1.82) is 0 Å². The fourth-order valence-electron chi connectivity index (χ4n) is 1.61. The molecule has 1 rings (SSSR count). The monoisotopic (exact) mass is 255 g/mol. The fraction of sp³-hybridized carbons (Fsp3) is 0.571. The molecule has 0 bridgehead atoms. The van der Waals surface area contributed by atoms with E-state index < -0.39 is 0 Å². The first-order valence-electron chi connectivity index (χ1n) is 6.14. The van der Waals surface area contributed by atoms with Gasteiger partial charge in [0.05, 0.1) is 0 Å². The second-order valence-electron chi connectivity index (χ2n) is 4.69. The van der Waals surface area contributed by atoms with Crippen LogP contribution in [0.2, 0.25) is 0 Å². The summed E-state index contributed by atoms with van der Waals surface area (Å²) in [5, 5.41) is 3.11. The highest BCUT2D eigenvalue weighted by atomic mass is 32.2. The third-order valence-corrected chi connectivity index (χ3v) is 3.94. The molecule has 0 aliphatic heterocycles. The van der Waals surface area contributed by atoms with Crippen LogP contribution >= 0.6 is 11.8 Å². The van der Waals surface area contributed by atoms with Crippen molar-refractivity contribution in [2.75, 3.05) is 12.8 Å². The zero-order chi connectivity index (χ0) is 12.8. The molecule has 0 fully saturated rings. The normalized spacial score (nSPS) is 13.1. The zero-order valence-corrected chi connectivity index (χ0v) is 11.9. The number of thioether (sulfide) groups is 1. The Morgan fingerprint density at radius 2 is 2.00 bits per heavy atom. The quantitative estimate of drug-likeness (QED) is 0.763. The molecule has 3 heteroatoms. The molecule has 1 nitrogen and oxygen atoms in total. The maximum Gasteiger partial charge on any atom is 0.129 e. The van der Waals surface area contributed by atoms with Crippen LogP contribution in [0.3, 0.4) is 0 Å². The molecule has 0 saturated carbocycles. The van der Waals surface area contributed by atoms with E-state index in [1.807, 2.05) is 20.0 Å². The molecule has 17 heavy (non-hydrogen) atoms. The van der Waals surface area contributed by atoms with Crippen molar-refractivity contribution >= 4 is 11.8 Å². The first-order chi connectivity index (χ1) is 8.06. The SMILES string of the molecule is CNC(C)c1c(F)cccc1SCCC(C)C. The third kappa shape index (κ3) is 4.32. The van der Waals surface area contributed by atoms with E-state index in [0.29, 0.717) is 5.92 Å². The number of hydrogen-bond acceptors (Lipinski definition) is 2. The van der Waals surface area contributed by atoms with Gasteiger partial charge in [0.25, 0.3) is 0 Å². The van der Waals surface area contributed by atoms with E-state index in [4.69, 9.17) is 0 Å². The van der Waals surface area contributed by atoms with E-state index in [-0.39, 0.29) is 11.9 Å². The van der Waals surface area contributed by atoms with Crippen LogP contribution in [0.5, 0.6) is 0 Å². The van der Waals surface area contributed by atoms with E-state index >= 15 is 0 Å². The van der Waals surface area contributed by atoms with Crippen molar-refractivity contribution < 1.29 is 4.39 Å². The highest BCUT2D eigenvalue weighted by molar-refractivity contribution is 7.99. The third-order valence-electron chi connectivity index (χ3n) is 2.83. The van der Waals surface area contributed by atoms with Gasteiger partial charge in [-0.1, -0.05) is 19.9 Å². The van der Waals surface area contributed by atoms with E-state index in [9.17, 15) is 4.39 Å². The van der Waals surface area contributed by atoms with E-state index in [1.54, 1.807) is 17.8 Å². The Morgan fingerprint density at radius 1 is 1.29 bits per heavy atom. The van der Waals surface area contributed by atoms with Crippen LogP contribution in [0.4, 0.5) is 4.39 Å². The highest BCUT2D eigenvalue weighted by Crippen LogP contribution is 2.30. The maximum absolute atomic E-state index is 13.8. The molecule has 0 saturated heterocycles. The lowest BCUT2D eigenvalue weighted by molar-refractivity contribution is 0.552. The van der Waals surface area contributed by atoms with Gasteiger partial charge < -0.3 is 5.32 Å². The Hall–Kier alpha value is -0.540. The number of halogens is 1. The maximum atomic E-state index is 13.8. The van der Waals surface area contributed by atoms with Crippen LogP contribution in [0.25, 0.3) is 0 Å². The molecule has 0 spiro atoms. The minimum absolute atomic E-state index is 0.0535. The largest absolute Gasteiger partial charge is 0.313 e. The van der Waals surface area contributed by atoms with E-state index in [1.165, 1.54) is 6.07 Å². The van der Waals surface area contributed by atoms with Crippen LogP contribution in [0, 0.1) is 11.7 Å². The molecule has 0 heterocycles. The molecule has 0 aliphatic carbocycles. The van der Waals surface area contributed by atoms with Gasteiger partial charge in [-0.25, -0.2) is 4.39 Å². The number of rotatable bonds is 6. The van der Waals surface area contributed by atoms with Gasteiger partial charge >= 0.3 is 0 Å². The summed E-state index contributed by atoms with van der Waals surface area (Å²) < 4.78 is 13.8. The molecule has 0 aromatic heterocycles. The number of nitrogens with one attached hydrogen (secondary N) is 1. The Kier molecular flexibility index (Phi) is 6.00. The van der Waals surface area contributed by atoms with Crippen LogP contribution in [-0.4, -0.2) is 12.8 Å². The Bertz CT molecular complexity index is 352. The van der Waals surface area contributed by atoms with E-state index in [0.717, 1.165) is 22.6 Å². The highest BCUT2D eigenvalue weighted by Gasteiger charge is 2.14. The summed E-state index contributed by atoms with van der Waals surface area (Å²) in [5.74, 6) is 1.63. The van der Waals surface area contributed by atoms with Crippen LogP contribution in [-0.2, 0) is 0 Å². The molecule has 96 valence electrons. The molecule has 1 aromatic rings. The zero-order valence-electron chi connectivity index (χ0n) is 11.1. The van der Waals surface area contributed by atoms with Crippen LogP contribution < -0.4 is 5.32 Å². The lowest BCUT2D eigenvalue weighted by atomic mass is 10.1. The Morgan fingerprint density at radius 3 is 2.59 bits per heavy atom. The second kappa shape index (κ2) is 7.02. The average molecular weight is 255 g/mol. The number of hydrogen-bond donors (Lipinski definition) is 1. The van der Waals surface area contributed by atoms with Gasteiger partial charge in [-0.2, -0.15) is 0 Å². The predicted molar refractivity (Wildman–Crippen MR) is 74.1 cm³/mol. The van der Waals surface area contributed by atoms with Gasteiger partial charge in [-0.3, -0.25) is 0 Å². The first-order valence-corrected chi connectivity index (χ1v) is 7.13. The van der Waals surface area contributed by atoms with Gasteiger partial charge in [0.1, 0.15) is 5.82 Å². The standard InChI is InChI=1S/C14H22FNS/c1-10(2)8-9-17-13-7-5-6-12(15)14(13)11(3)16-4/h5-7,10-11,16H,8-9H2,1-4H3. The smallest absolute Gasteiger partial charge is 0.129 e. The van der Waals surface area contributed by atoms with Gasteiger partial charge in [0.15, 0.2) is 0 Å². The van der Waals surface area contributed by atoms with Crippen LogP contribution in [0.1, 0.15) is 38.8 Å². The Balaban J connectivity index is 2.80. The summed E-state index contributed by atoms with van der Waals surface area (Å²) in [7, 11) is 1.86. The molecular formula is C14H22FNS. The first kappa shape index (κ1) is 14.5. The fourth-order valence-corrected chi connectivity index (χ4v) is 3.03. The van der Waals surface area contributed by atoms with Gasteiger partial charge in [-0.15, -0.1) is 11.8 Å². The van der Waals surface area contributed by atoms with E-state index in [2.05, 4.69) is 19.2 Å². The van der Waals surface area contributed by atoms with Gasteiger partial charge in [0, 0.05) is 16.5 Å². The second-order valence-corrected chi connectivity index (χ2v) is 5.83. The predicted octanol–water partition coefficient (Wildman–Crippen LogP) is 4.24. The van der Waals surface area contributed by atoms with Gasteiger partial charge in [0.2, 0.25) is 0 Å². The molecule has 1 N–H and O–H groups in total. The topological polar surface area (TPSA) is 12.0 Å². The lowest BCUT2D eigenvalue weighted by Gasteiger charge is -2.16. The molecule has 0 radical (unpaired) electrons. The van der Waals surface area contributed by atoms with Crippen molar-refractivity contribution in [3.8, 4) is 0 Å². The average Bonchev–Trinajstić information content (AvgIpc) is 2.28. The Labute approximate surface area is 108 Å². The summed E-state index contributed by atoms with van der Waals surface area (Å²) in [6.45, 7) is 6.41. The molecule has 1 atom stereocenters. The lowest BCUT2D eigenvalue weighted by Crippen LogP contribution is -2.15. The van der Waals surface area contributed by atoms with Crippen molar-refractivity contribution in [1.82, 2.24) is 5.32 Å². The molecular weight excluding hydrogens is 233 g/mol. The van der Waals surface area contributed by atoms with Crippen molar-refractivity contribution in [2.24, 2.45) is 5.92 Å². The molecule has 1 aromatic carbocycles. The van der Waals surface area contributed by atoms with Crippen molar-refractivity contribution in [2.45, 2.75) is 38.1 Å². The summed E-state index contributed by atoms with van der Waals surface area (Å²) in [5.41, 5.74) is 0.795. The van der Waals surface area contributed by atoms with Crippen molar-refractivity contribution in [3.05, 3.63) is 29.6 Å². The van der Waals surface area contributed by atoms with Crippen molar-refractivity contribution in [3.63, 3.8) is 0 Å². The summed E-state index contributed by atoms with van der Waals surface area (Å²) in [6.07, 6.45) is 1.16. The van der Waals surface area contributed by atoms with Crippen LogP contribution in [0.15, 0.2) is 23.1 Å². The minimum atomic E-state index is -0.110. The van der Waals surface area contributed by atoms with Gasteiger partial charge in [-0.05, 0) is 44.2 Å². The molecule has 0 amide bonds.